The van der Waals surface area contributed by atoms with Crippen molar-refractivity contribution in [2.75, 3.05) is 59.3 Å². The van der Waals surface area contributed by atoms with Gasteiger partial charge in [0, 0.05) is 39.5 Å². The Labute approximate surface area is 122 Å². The molecule has 1 aliphatic heterocycles. The normalized spacial score (nSPS) is 23.1. The molecule has 1 saturated heterocycles. The maximum absolute atomic E-state index is 11.5. The first-order chi connectivity index (χ1) is 9.76. The van der Waals surface area contributed by atoms with Gasteiger partial charge in [-0.2, -0.15) is 0 Å². The molecule has 0 saturated carbocycles. The number of carbonyl (C=O) groups excluding carboxylic acids is 1. The molecule has 1 unspecified atom stereocenters. The van der Waals surface area contributed by atoms with Crippen LogP contribution in [0.3, 0.4) is 0 Å². The lowest BCUT2D eigenvalue weighted by Crippen LogP contribution is -2.46. The lowest BCUT2D eigenvalue weighted by atomic mass is 9.83. The van der Waals surface area contributed by atoms with Crippen LogP contribution in [0.4, 0.5) is 0 Å². The fourth-order valence-corrected chi connectivity index (χ4v) is 2.52. The second-order valence-corrected chi connectivity index (χ2v) is 5.31. The Hall–Kier alpha value is -0.490. The van der Waals surface area contributed by atoms with Gasteiger partial charge in [-0.15, -0.1) is 0 Å². The standard InChI is InChI=1S/C15H29NO4/c1-3-18-10-7-16(8-11-19-4-2)12-15(13-17)6-5-9-20-14-15/h13H,3-12,14H2,1-2H3. The highest BCUT2D eigenvalue weighted by Gasteiger charge is 2.34. The number of nitrogens with zero attached hydrogens (tertiary/aromatic N) is 1. The summed E-state index contributed by atoms with van der Waals surface area (Å²) in [6, 6.07) is 0. The van der Waals surface area contributed by atoms with Crippen molar-refractivity contribution in [3.05, 3.63) is 0 Å². The van der Waals surface area contributed by atoms with E-state index in [0.717, 1.165) is 58.6 Å². The van der Waals surface area contributed by atoms with E-state index in [2.05, 4.69) is 4.90 Å². The molecule has 1 rings (SSSR count). The number of hydrogen-bond acceptors (Lipinski definition) is 5. The van der Waals surface area contributed by atoms with Gasteiger partial charge in [0.1, 0.15) is 6.29 Å². The van der Waals surface area contributed by atoms with Crippen LogP contribution in [-0.2, 0) is 19.0 Å². The Morgan fingerprint density at radius 2 is 1.85 bits per heavy atom. The van der Waals surface area contributed by atoms with Gasteiger partial charge in [0.05, 0.1) is 25.2 Å². The SMILES string of the molecule is CCOCCN(CCOCC)CC1(C=O)CCCOC1. The monoisotopic (exact) mass is 287 g/mol. The van der Waals surface area contributed by atoms with Crippen LogP contribution >= 0.6 is 0 Å². The van der Waals surface area contributed by atoms with Gasteiger partial charge in [-0.3, -0.25) is 4.90 Å². The minimum absolute atomic E-state index is 0.351. The van der Waals surface area contributed by atoms with Crippen LogP contribution in [-0.4, -0.2) is 70.5 Å². The fourth-order valence-electron chi connectivity index (χ4n) is 2.52. The number of ether oxygens (including phenoxy) is 3. The van der Waals surface area contributed by atoms with Crippen molar-refractivity contribution in [3.63, 3.8) is 0 Å². The molecule has 0 bridgehead atoms. The van der Waals surface area contributed by atoms with Gasteiger partial charge in [0.2, 0.25) is 0 Å². The average Bonchev–Trinajstić information content (AvgIpc) is 2.48. The lowest BCUT2D eigenvalue weighted by molar-refractivity contribution is -0.126. The topological polar surface area (TPSA) is 48.0 Å². The van der Waals surface area contributed by atoms with Gasteiger partial charge in [0.25, 0.3) is 0 Å². The largest absolute Gasteiger partial charge is 0.380 e. The quantitative estimate of drug-likeness (QED) is 0.424. The summed E-state index contributed by atoms with van der Waals surface area (Å²) in [5.41, 5.74) is -0.351. The van der Waals surface area contributed by atoms with Crippen molar-refractivity contribution in [1.82, 2.24) is 4.90 Å². The molecule has 0 aromatic carbocycles. The molecule has 5 heteroatoms. The summed E-state index contributed by atoms with van der Waals surface area (Å²) in [7, 11) is 0. The molecule has 20 heavy (non-hydrogen) atoms. The summed E-state index contributed by atoms with van der Waals surface area (Å²) in [5, 5.41) is 0. The number of hydrogen-bond donors (Lipinski definition) is 0. The molecule has 0 N–H and O–H groups in total. The van der Waals surface area contributed by atoms with Crippen molar-refractivity contribution in [2.45, 2.75) is 26.7 Å². The Morgan fingerprint density at radius 1 is 1.20 bits per heavy atom. The first-order valence-corrected chi connectivity index (χ1v) is 7.68. The fraction of sp³-hybridized carbons (Fsp3) is 0.933. The summed E-state index contributed by atoms with van der Waals surface area (Å²) < 4.78 is 16.4. The minimum Gasteiger partial charge on any atom is -0.380 e. The van der Waals surface area contributed by atoms with Crippen LogP contribution in [0.5, 0.6) is 0 Å². The van der Waals surface area contributed by atoms with Gasteiger partial charge in [0.15, 0.2) is 0 Å². The molecule has 0 aliphatic carbocycles. The molecule has 0 aromatic heterocycles. The van der Waals surface area contributed by atoms with Crippen LogP contribution in [0, 0.1) is 5.41 Å². The van der Waals surface area contributed by atoms with E-state index in [9.17, 15) is 4.79 Å². The molecule has 1 fully saturated rings. The van der Waals surface area contributed by atoms with E-state index < -0.39 is 0 Å². The Balaban J connectivity index is 2.48. The molecular weight excluding hydrogens is 258 g/mol. The molecule has 5 nitrogen and oxygen atoms in total. The van der Waals surface area contributed by atoms with Gasteiger partial charge in [-0.1, -0.05) is 0 Å². The summed E-state index contributed by atoms with van der Waals surface area (Å²) >= 11 is 0. The van der Waals surface area contributed by atoms with Crippen molar-refractivity contribution >= 4 is 6.29 Å². The third-order valence-corrected chi connectivity index (χ3v) is 3.65. The van der Waals surface area contributed by atoms with Gasteiger partial charge >= 0.3 is 0 Å². The van der Waals surface area contributed by atoms with Crippen molar-refractivity contribution in [2.24, 2.45) is 5.41 Å². The first kappa shape index (κ1) is 17.6. The van der Waals surface area contributed by atoms with E-state index in [1.807, 2.05) is 13.8 Å². The zero-order chi connectivity index (χ0) is 14.7. The van der Waals surface area contributed by atoms with Crippen LogP contribution in [0.1, 0.15) is 26.7 Å². The summed E-state index contributed by atoms with van der Waals surface area (Å²) in [6.45, 7) is 10.5. The van der Waals surface area contributed by atoms with Crippen LogP contribution in [0.25, 0.3) is 0 Å². The average molecular weight is 287 g/mol. The zero-order valence-electron chi connectivity index (χ0n) is 12.9. The van der Waals surface area contributed by atoms with Crippen LogP contribution < -0.4 is 0 Å². The van der Waals surface area contributed by atoms with E-state index in [1.54, 1.807) is 0 Å². The summed E-state index contributed by atoms with van der Waals surface area (Å²) in [6.07, 6.45) is 2.96. The van der Waals surface area contributed by atoms with Crippen molar-refractivity contribution < 1.29 is 19.0 Å². The Bertz CT molecular complexity index is 244. The van der Waals surface area contributed by atoms with E-state index in [0.29, 0.717) is 19.8 Å². The van der Waals surface area contributed by atoms with Gasteiger partial charge < -0.3 is 19.0 Å². The highest BCUT2D eigenvalue weighted by Crippen LogP contribution is 2.27. The molecule has 118 valence electrons. The number of rotatable bonds is 11. The van der Waals surface area contributed by atoms with Crippen LogP contribution in [0.15, 0.2) is 0 Å². The van der Waals surface area contributed by atoms with E-state index in [-0.39, 0.29) is 5.41 Å². The van der Waals surface area contributed by atoms with Crippen molar-refractivity contribution in [3.8, 4) is 0 Å². The number of aldehydes is 1. The molecule has 1 heterocycles. The predicted molar refractivity (Wildman–Crippen MR) is 78.0 cm³/mol. The van der Waals surface area contributed by atoms with E-state index >= 15 is 0 Å². The van der Waals surface area contributed by atoms with E-state index in [4.69, 9.17) is 14.2 Å². The molecule has 1 atom stereocenters. The third-order valence-electron chi connectivity index (χ3n) is 3.65. The number of carbonyl (C=O) groups is 1. The molecule has 1 aliphatic rings. The molecular formula is C15H29NO4. The summed E-state index contributed by atoms with van der Waals surface area (Å²) in [5.74, 6) is 0. The zero-order valence-corrected chi connectivity index (χ0v) is 12.9. The highest BCUT2D eigenvalue weighted by molar-refractivity contribution is 5.60. The molecule has 0 aromatic rings. The smallest absolute Gasteiger partial charge is 0.129 e. The molecule has 0 amide bonds. The molecule has 0 radical (unpaired) electrons. The maximum Gasteiger partial charge on any atom is 0.129 e. The van der Waals surface area contributed by atoms with E-state index in [1.165, 1.54) is 0 Å². The third kappa shape index (κ3) is 6.31. The second-order valence-electron chi connectivity index (χ2n) is 5.31. The van der Waals surface area contributed by atoms with Gasteiger partial charge in [-0.25, -0.2) is 0 Å². The highest BCUT2D eigenvalue weighted by atomic mass is 16.5. The summed E-state index contributed by atoms with van der Waals surface area (Å²) in [4.78, 5) is 13.8. The maximum atomic E-state index is 11.5. The predicted octanol–water partition coefficient (Wildman–Crippen LogP) is 1.36. The minimum atomic E-state index is -0.351. The lowest BCUT2D eigenvalue weighted by Gasteiger charge is -2.36. The van der Waals surface area contributed by atoms with Gasteiger partial charge in [-0.05, 0) is 26.7 Å². The van der Waals surface area contributed by atoms with Crippen molar-refractivity contribution in [1.29, 1.82) is 0 Å². The second kappa shape index (κ2) is 10.3. The Kier molecular flexibility index (Phi) is 9.02. The Morgan fingerprint density at radius 3 is 2.30 bits per heavy atom. The first-order valence-electron chi connectivity index (χ1n) is 7.68. The molecule has 0 spiro atoms. The van der Waals surface area contributed by atoms with Crippen LogP contribution in [0.2, 0.25) is 0 Å².